The number of nitrogens with one attached hydrogen (secondary N) is 1. The van der Waals surface area contributed by atoms with Crippen molar-refractivity contribution in [3.8, 4) is 0 Å². The molecule has 3 atom stereocenters. The molecule has 0 bridgehead atoms. The lowest BCUT2D eigenvalue weighted by Crippen LogP contribution is -2.60. The van der Waals surface area contributed by atoms with Crippen molar-refractivity contribution < 1.29 is 8.42 Å². The highest BCUT2D eigenvalue weighted by Crippen LogP contribution is 2.35. The molecular weight excluding hydrogens is 248 g/mol. The van der Waals surface area contributed by atoms with Gasteiger partial charge in [0.15, 0.2) is 9.84 Å². The summed E-state index contributed by atoms with van der Waals surface area (Å²) in [6.45, 7) is 4.30. The third kappa shape index (κ3) is 2.58. The van der Waals surface area contributed by atoms with Crippen molar-refractivity contribution in [2.75, 3.05) is 24.6 Å². The van der Waals surface area contributed by atoms with Crippen LogP contribution in [0.5, 0.6) is 0 Å². The van der Waals surface area contributed by atoms with E-state index in [0.717, 1.165) is 31.8 Å². The summed E-state index contributed by atoms with van der Waals surface area (Å²) in [6.07, 6.45) is 4.66. The van der Waals surface area contributed by atoms with E-state index in [2.05, 4.69) is 17.1 Å². The monoisotopic (exact) mass is 272 g/mol. The maximum absolute atomic E-state index is 11.7. The Morgan fingerprint density at radius 1 is 1.28 bits per heavy atom. The molecule has 1 saturated carbocycles. The molecule has 2 aliphatic heterocycles. The minimum absolute atomic E-state index is 0.281. The summed E-state index contributed by atoms with van der Waals surface area (Å²) in [6, 6.07) is 1.41. The van der Waals surface area contributed by atoms with Gasteiger partial charge in [0, 0.05) is 31.2 Å². The van der Waals surface area contributed by atoms with Gasteiger partial charge >= 0.3 is 0 Å². The molecule has 18 heavy (non-hydrogen) atoms. The Morgan fingerprint density at radius 3 is 2.61 bits per heavy atom. The van der Waals surface area contributed by atoms with Crippen molar-refractivity contribution in [3.05, 3.63) is 0 Å². The summed E-state index contributed by atoms with van der Waals surface area (Å²) in [5.41, 5.74) is 0. The quantitative estimate of drug-likeness (QED) is 0.819. The van der Waals surface area contributed by atoms with Crippen LogP contribution in [0.25, 0.3) is 0 Å². The lowest BCUT2D eigenvalue weighted by molar-refractivity contribution is 0.0833. The summed E-state index contributed by atoms with van der Waals surface area (Å²) in [7, 11) is -2.76. The van der Waals surface area contributed by atoms with Crippen LogP contribution in [0.2, 0.25) is 0 Å². The Balaban J connectivity index is 1.70. The summed E-state index contributed by atoms with van der Waals surface area (Å²) in [5, 5.41) is 3.67. The molecule has 2 heterocycles. The molecule has 2 saturated heterocycles. The van der Waals surface area contributed by atoms with Gasteiger partial charge in [0.2, 0.25) is 0 Å². The van der Waals surface area contributed by atoms with Crippen LogP contribution in [0.3, 0.4) is 0 Å². The van der Waals surface area contributed by atoms with E-state index in [1.165, 1.54) is 12.8 Å². The molecule has 3 fully saturated rings. The van der Waals surface area contributed by atoms with Crippen LogP contribution in [-0.2, 0) is 9.84 Å². The molecule has 0 amide bonds. The number of nitrogens with zero attached hydrogens (tertiary/aromatic N) is 1. The number of rotatable bonds is 3. The fraction of sp³-hybridized carbons (Fsp3) is 1.00. The molecule has 0 aromatic heterocycles. The van der Waals surface area contributed by atoms with E-state index >= 15 is 0 Å². The maximum Gasteiger partial charge on any atom is 0.151 e. The number of piperazine rings is 1. The van der Waals surface area contributed by atoms with Crippen molar-refractivity contribution in [1.29, 1.82) is 0 Å². The van der Waals surface area contributed by atoms with E-state index in [4.69, 9.17) is 0 Å². The first-order valence-electron chi connectivity index (χ1n) is 7.28. The normalized spacial score (nSPS) is 41.1. The summed E-state index contributed by atoms with van der Waals surface area (Å²) >= 11 is 0. The Kier molecular flexibility index (Phi) is 3.41. The van der Waals surface area contributed by atoms with Crippen LogP contribution >= 0.6 is 0 Å². The summed E-state index contributed by atoms with van der Waals surface area (Å²) in [5.74, 6) is 1.64. The second-order valence-corrected chi connectivity index (χ2v) is 8.40. The summed E-state index contributed by atoms with van der Waals surface area (Å²) < 4.78 is 23.3. The minimum atomic E-state index is -2.76. The highest BCUT2D eigenvalue weighted by atomic mass is 32.2. The van der Waals surface area contributed by atoms with Gasteiger partial charge in [-0.1, -0.05) is 6.92 Å². The standard InChI is InChI=1S/C13H24N2O2S/c1-2-11-7-14-13(10-3-4-10)8-15(11)12-5-6-18(16,17)9-12/h10-14H,2-9H2,1H3. The van der Waals surface area contributed by atoms with Crippen LogP contribution < -0.4 is 5.32 Å². The molecule has 0 spiro atoms. The van der Waals surface area contributed by atoms with Gasteiger partial charge in [0.25, 0.3) is 0 Å². The smallest absolute Gasteiger partial charge is 0.151 e. The van der Waals surface area contributed by atoms with Crippen molar-refractivity contribution in [2.24, 2.45) is 5.92 Å². The second-order valence-electron chi connectivity index (χ2n) is 6.17. The van der Waals surface area contributed by atoms with E-state index < -0.39 is 9.84 Å². The third-order valence-corrected chi connectivity index (χ3v) is 6.58. The van der Waals surface area contributed by atoms with Gasteiger partial charge in [-0.25, -0.2) is 8.42 Å². The van der Waals surface area contributed by atoms with Gasteiger partial charge in [0.1, 0.15) is 0 Å². The SMILES string of the molecule is CCC1CNC(C2CC2)CN1C1CCS(=O)(=O)C1. The van der Waals surface area contributed by atoms with Crippen LogP contribution in [0.15, 0.2) is 0 Å². The zero-order valence-electron chi connectivity index (χ0n) is 11.1. The molecule has 3 unspecified atom stereocenters. The first-order chi connectivity index (χ1) is 8.59. The van der Waals surface area contributed by atoms with Crippen molar-refractivity contribution >= 4 is 9.84 Å². The van der Waals surface area contributed by atoms with Crippen molar-refractivity contribution in [3.63, 3.8) is 0 Å². The molecule has 1 N–H and O–H groups in total. The van der Waals surface area contributed by atoms with Crippen molar-refractivity contribution in [1.82, 2.24) is 10.2 Å². The first kappa shape index (κ1) is 12.9. The Labute approximate surface area is 110 Å². The average Bonchev–Trinajstić information content (AvgIpc) is 3.13. The predicted octanol–water partition coefficient (Wildman–Crippen LogP) is 0.636. The fourth-order valence-corrected chi connectivity index (χ4v) is 5.26. The Hall–Kier alpha value is -0.130. The molecule has 104 valence electrons. The molecule has 0 aromatic rings. The lowest BCUT2D eigenvalue weighted by Gasteiger charge is -2.43. The van der Waals surface area contributed by atoms with Crippen LogP contribution in [-0.4, -0.2) is 56.0 Å². The zero-order chi connectivity index (χ0) is 12.8. The number of hydrogen-bond acceptors (Lipinski definition) is 4. The van der Waals surface area contributed by atoms with E-state index in [1.807, 2.05) is 0 Å². The van der Waals surface area contributed by atoms with E-state index in [0.29, 0.717) is 23.6 Å². The second kappa shape index (κ2) is 4.76. The van der Waals surface area contributed by atoms with Crippen LogP contribution in [0.4, 0.5) is 0 Å². The summed E-state index contributed by atoms with van der Waals surface area (Å²) in [4.78, 5) is 2.50. The minimum Gasteiger partial charge on any atom is -0.311 e. The van der Waals surface area contributed by atoms with Gasteiger partial charge in [-0.2, -0.15) is 0 Å². The fourth-order valence-electron chi connectivity index (χ4n) is 3.52. The van der Waals surface area contributed by atoms with E-state index in [-0.39, 0.29) is 6.04 Å². The highest BCUT2D eigenvalue weighted by Gasteiger charge is 2.41. The topological polar surface area (TPSA) is 49.4 Å². The van der Waals surface area contributed by atoms with E-state index in [1.54, 1.807) is 0 Å². The highest BCUT2D eigenvalue weighted by molar-refractivity contribution is 7.91. The number of sulfone groups is 1. The van der Waals surface area contributed by atoms with E-state index in [9.17, 15) is 8.42 Å². The maximum atomic E-state index is 11.7. The molecule has 1 aliphatic carbocycles. The Bertz CT molecular complexity index is 405. The molecule has 0 radical (unpaired) electrons. The van der Waals surface area contributed by atoms with Gasteiger partial charge in [-0.15, -0.1) is 0 Å². The van der Waals surface area contributed by atoms with Crippen LogP contribution in [0.1, 0.15) is 32.6 Å². The lowest BCUT2D eigenvalue weighted by atomic mass is 10.0. The van der Waals surface area contributed by atoms with Crippen LogP contribution in [0, 0.1) is 5.92 Å². The predicted molar refractivity (Wildman–Crippen MR) is 72.4 cm³/mol. The molecule has 0 aromatic carbocycles. The van der Waals surface area contributed by atoms with Gasteiger partial charge in [-0.05, 0) is 31.6 Å². The largest absolute Gasteiger partial charge is 0.311 e. The first-order valence-corrected chi connectivity index (χ1v) is 9.11. The molecule has 5 heteroatoms. The molecular formula is C13H24N2O2S. The van der Waals surface area contributed by atoms with Gasteiger partial charge in [0.05, 0.1) is 11.5 Å². The van der Waals surface area contributed by atoms with Crippen molar-refractivity contribution in [2.45, 2.75) is 50.7 Å². The Morgan fingerprint density at radius 2 is 2.06 bits per heavy atom. The molecule has 3 rings (SSSR count). The molecule has 3 aliphatic rings. The van der Waals surface area contributed by atoms with Gasteiger partial charge in [-0.3, -0.25) is 4.90 Å². The zero-order valence-corrected chi connectivity index (χ0v) is 12.0. The molecule has 4 nitrogen and oxygen atoms in total. The third-order valence-electron chi connectivity index (χ3n) is 4.83. The van der Waals surface area contributed by atoms with Gasteiger partial charge < -0.3 is 5.32 Å². The average molecular weight is 272 g/mol. The number of hydrogen-bond donors (Lipinski definition) is 1.